The normalized spacial score (nSPS) is 15.0. The van der Waals surface area contributed by atoms with E-state index in [-0.39, 0.29) is 25.7 Å². The number of aliphatic hydroxyl groups excluding tert-OH is 1. The van der Waals surface area contributed by atoms with Gasteiger partial charge in [-0.25, -0.2) is 4.57 Å². The van der Waals surface area contributed by atoms with Gasteiger partial charge in [0.05, 0.1) is 25.4 Å². The topological polar surface area (TPSA) is 131 Å². The number of nitrogens with two attached hydrogens (primary N) is 1. The molecule has 0 aromatic rings. The Labute approximate surface area is 300 Å². The van der Waals surface area contributed by atoms with Crippen molar-refractivity contribution >= 4 is 13.7 Å². The van der Waals surface area contributed by atoms with Crippen molar-refractivity contribution in [2.24, 2.45) is 5.73 Å². The summed E-state index contributed by atoms with van der Waals surface area (Å²) in [6, 6.07) is -0.887. The van der Waals surface area contributed by atoms with E-state index in [9.17, 15) is 19.4 Å². The Balaban J connectivity index is 4.40. The Morgan fingerprint density at radius 3 is 1.82 bits per heavy atom. The number of unbranched alkanes of at least 4 members (excludes halogenated alkanes) is 15. The molecule has 0 saturated carbocycles. The minimum absolute atomic E-state index is 0.0683. The van der Waals surface area contributed by atoms with Gasteiger partial charge in [-0.3, -0.25) is 13.8 Å². The van der Waals surface area contributed by atoms with E-state index in [1.54, 1.807) is 6.08 Å². The molecule has 8 nitrogen and oxygen atoms in total. The fourth-order valence-electron chi connectivity index (χ4n) is 5.16. The van der Waals surface area contributed by atoms with E-state index < -0.39 is 20.0 Å². The lowest BCUT2D eigenvalue weighted by atomic mass is 10.1. The van der Waals surface area contributed by atoms with Crippen LogP contribution in [0.25, 0.3) is 0 Å². The molecule has 0 aliphatic carbocycles. The second-order valence-corrected chi connectivity index (χ2v) is 14.2. The molecule has 0 fully saturated rings. The van der Waals surface area contributed by atoms with E-state index in [2.05, 4.69) is 67.8 Å². The lowest BCUT2D eigenvalue weighted by molar-refractivity contribution is -0.123. The van der Waals surface area contributed by atoms with Crippen molar-refractivity contribution in [3.8, 4) is 0 Å². The molecule has 1 amide bonds. The summed E-state index contributed by atoms with van der Waals surface area (Å²) < 4.78 is 22.0. The molecule has 9 heteroatoms. The van der Waals surface area contributed by atoms with Crippen molar-refractivity contribution in [2.75, 3.05) is 19.8 Å². The zero-order valence-electron chi connectivity index (χ0n) is 31.2. The molecule has 0 spiro atoms. The van der Waals surface area contributed by atoms with Gasteiger partial charge in [0.15, 0.2) is 0 Å². The summed E-state index contributed by atoms with van der Waals surface area (Å²) in [5.41, 5.74) is 5.35. The number of phosphoric acid groups is 1. The fourth-order valence-corrected chi connectivity index (χ4v) is 5.92. The summed E-state index contributed by atoms with van der Waals surface area (Å²) in [7, 11) is -4.35. The third kappa shape index (κ3) is 34.4. The van der Waals surface area contributed by atoms with Crippen LogP contribution in [0.3, 0.4) is 0 Å². The number of carbonyl (C=O) groups excluding carboxylic acids is 1. The number of rotatable bonds is 35. The Morgan fingerprint density at radius 2 is 1.20 bits per heavy atom. The second-order valence-electron chi connectivity index (χ2n) is 12.7. The van der Waals surface area contributed by atoms with Gasteiger partial charge in [-0.05, 0) is 64.2 Å². The lowest BCUT2D eigenvalue weighted by Crippen LogP contribution is -2.45. The first-order valence-corrected chi connectivity index (χ1v) is 20.9. The summed E-state index contributed by atoms with van der Waals surface area (Å²) in [4.78, 5) is 22.6. The van der Waals surface area contributed by atoms with Crippen LogP contribution >= 0.6 is 7.82 Å². The van der Waals surface area contributed by atoms with E-state index in [0.717, 1.165) is 77.0 Å². The first-order valence-electron chi connectivity index (χ1n) is 19.4. The summed E-state index contributed by atoms with van der Waals surface area (Å²) in [5.74, 6) is -0.225. The molecule has 0 aliphatic heterocycles. The van der Waals surface area contributed by atoms with Crippen LogP contribution in [0.4, 0.5) is 0 Å². The molecule has 3 unspecified atom stereocenters. The van der Waals surface area contributed by atoms with Crippen molar-refractivity contribution in [1.82, 2.24) is 5.32 Å². The number of nitrogens with one attached hydrogen (secondary N) is 1. The average molecular weight is 709 g/mol. The summed E-state index contributed by atoms with van der Waals surface area (Å²) in [6.07, 6.45) is 44.1. The van der Waals surface area contributed by atoms with Crippen LogP contribution in [-0.2, 0) is 18.4 Å². The third-order valence-electron chi connectivity index (χ3n) is 8.08. The summed E-state index contributed by atoms with van der Waals surface area (Å²) in [5, 5.41) is 13.6. The fraction of sp³-hybridized carbons (Fsp3) is 0.725. The molecule has 0 rings (SSSR count). The molecular formula is C40H73N2O6P. The van der Waals surface area contributed by atoms with Crippen LogP contribution < -0.4 is 11.1 Å². The maximum atomic E-state index is 12.7. The molecule has 0 saturated heterocycles. The molecule has 5 N–H and O–H groups in total. The smallest absolute Gasteiger partial charge is 0.387 e. The molecule has 0 radical (unpaired) electrons. The minimum Gasteiger partial charge on any atom is -0.387 e. The number of amides is 1. The third-order valence-corrected chi connectivity index (χ3v) is 9.06. The molecule has 0 heterocycles. The maximum Gasteiger partial charge on any atom is 0.472 e. The highest BCUT2D eigenvalue weighted by molar-refractivity contribution is 7.47. The number of allylic oxidation sites excluding steroid dienone is 9. The van der Waals surface area contributed by atoms with Crippen LogP contribution in [-0.4, -0.2) is 47.8 Å². The highest BCUT2D eigenvalue weighted by Crippen LogP contribution is 2.43. The Morgan fingerprint density at radius 1 is 0.694 bits per heavy atom. The van der Waals surface area contributed by atoms with Gasteiger partial charge < -0.3 is 21.1 Å². The van der Waals surface area contributed by atoms with E-state index >= 15 is 0 Å². The molecule has 0 bridgehead atoms. The first-order chi connectivity index (χ1) is 23.9. The van der Waals surface area contributed by atoms with Gasteiger partial charge in [-0.15, -0.1) is 0 Å². The average Bonchev–Trinajstić information content (AvgIpc) is 3.09. The van der Waals surface area contributed by atoms with Gasteiger partial charge in [0.2, 0.25) is 5.91 Å². The van der Waals surface area contributed by atoms with Gasteiger partial charge in [0, 0.05) is 13.0 Å². The Kier molecular flexibility index (Phi) is 34.7. The number of hydrogen-bond acceptors (Lipinski definition) is 6. The molecular weight excluding hydrogens is 635 g/mol. The van der Waals surface area contributed by atoms with Crippen molar-refractivity contribution in [1.29, 1.82) is 0 Å². The maximum absolute atomic E-state index is 12.7. The highest BCUT2D eigenvalue weighted by atomic mass is 31.2. The van der Waals surface area contributed by atoms with Crippen LogP contribution in [0, 0.1) is 0 Å². The monoisotopic (exact) mass is 709 g/mol. The summed E-state index contributed by atoms with van der Waals surface area (Å²) >= 11 is 0. The number of aliphatic hydroxyl groups is 1. The number of hydrogen-bond donors (Lipinski definition) is 4. The Bertz CT molecular complexity index is 949. The summed E-state index contributed by atoms with van der Waals surface area (Å²) in [6.45, 7) is 3.96. The van der Waals surface area contributed by atoms with Crippen LogP contribution in [0.5, 0.6) is 0 Å². The molecule has 49 heavy (non-hydrogen) atoms. The van der Waals surface area contributed by atoms with Gasteiger partial charge in [0.1, 0.15) is 0 Å². The molecule has 0 aliphatic rings. The van der Waals surface area contributed by atoms with Crippen molar-refractivity contribution < 1.29 is 28.4 Å². The van der Waals surface area contributed by atoms with E-state index in [1.165, 1.54) is 57.8 Å². The van der Waals surface area contributed by atoms with Gasteiger partial charge in [0.25, 0.3) is 0 Å². The zero-order valence-corrected chi connectivity index (χ0v) is 32.1. The highest BCUT2D eigenvalue weighted by Gasteiger charge is 2.26. The van der Waals surface area contributed by atoms with Crippen molar-refractivity contribution in [2.45, 2.75) is 167 Å². The predicted octanol–water partition coefficient (Wildman–Crippen LogP) is 10.3. The van der Waals surface area contributed by atoms with Crippen molar-refractivity contribution in [3.05, 3.63) is 60.8 Å². The standard InChI is InChI=1S/C40H73N2O6P/c1-3-5-7-9-11-13-15-17-19-21-23-25-27-29-31-33-39(43)38(37-48-49(45,46)47-36-35-41)42-40(44)34-32-30-28-26-24-22-20-18-16-14-12-10-8-6-4-2/h6,8,12,14,18,20,23,25,31,33,38-39,43H,3-5,7,9-11,13,15-17,19,21-22,24,26-30,32,34-37,41H2,1-2H3,(H,42,44)(H,45,46)/b8-6-,14-12-,20-18-,25-23+,33-31+. The lowest BCUT2D eigenvalue weighted by Gasteiger charge is -2.23. The molecule has 0 aromatic carbocycles. The van der Waals surface area contributed by atoms with Gasteiger partial charge >= 0.3 is 7.82 Å². The Hall–Kier alpha value is -1.80. The largest absolute Gasteiger partial charge is 0.472 e. The van der Waals surface area contributed by atoms with Gasteiger partial charge in [-0.1, -0.05) is 145 Å². The predicted molar refractivity (Wildman–Crippen MR) is 207 cm³/mol. The second kappa shape index (κ2) is 36.0. The van der Waals surface area contributed by atoms with Gasteiger partial charge in [-0.2, -0.15) is 0 Å². The number of phosphoric ester groups is 1. The molecule has 0 aromatic heterocycles. The first kappa shape index (κ1) is 47.2. The van der Waals surface area contributed by atoms with Crippen LogP contribution in [0.2, 0.25) is 0 Å². The zero-order chi connectivity index (χ0) is 36.1. The minimum atomic E-state index is -4.35. The van der Waals surface area contributed by atoms with Crippen molar-refractivity contribution in [3.63, 3.8) is 0 Å². The quantitative estimate of drug-likeness (QED) is 0.0293. The number of carbonyl (C=O) groups is 1. The molecule has 3 atom stereocenters. The van der Waals surface area contributed by atoms with E-state index in [1.807, 2.05) is 6.08 Å². The van der Waals surface area contributed by atoms with Crippen LogP contribution in [0.15, 0.2) is 60.8 Å². The SMILES string of the molecule is CC/C=C\C/C=C\C/C=C\CCCCCCCC(=O)NC(COP(=O)(O)OCCN)C(O)/C=C/CC/C=C/CCCCCCCCCCC. The van der Waals surface area contributed by atoms with E-state index in [4.69, 9.17) is 14.8 Å². The van der Waals surface area contributed by atoms with Crippen LogP contribution in [0.1, 0.15) is 155 Å². The van der Waals surface area contributed by atoms with E-state index in [0.29, 0.717) is 6.42 Å². The molecule has 284 valence electrons.